The van der Waals surface area contributed by atoms with Crippen LogP contribution in [0, 0.1) is 13.8 Å². The average molecular weight is 529 g/mol. The van der Waals surface area contributed by atoms with Gasteiger partial charge >= 0.3 is 178 Å². The Morgan fingerprint density at radius 3 is 2.19 bits per heavy atom. The number of aromatic nitrogens is 1. The third-order valence-electron chi connectivity index (χ3n) is 6.43. The molecule has 0 unspecified atom stereocenters. The van der Waals surface area contributed by atoms with Crippen molar-refractivity contribution in [2.75, 3.05) is 0 Å². The van der Waals surface area contributed by atoms with Crippen molar-refractivity contribution < 1.29 is 0 Å². The molecule has 0 saturated heterocycles. The van der Waals surface area contributed by atoms with Crippen molar-refractivity contribution in [2.24, 2.45) is 0 Å². The van der Waals surface area contributed by atoms with Crippen molar-refractivity contribution in [2.45, 2.75) is 36.9 Å². The van der Waals surface area contributed by atoms with Crippen LogP contribution in [0.3, 0.4) is 0 Å². The molecule has 0 amide bonds. The van der Waals surface area contributed by atoms with E-state index >= 15 is 0 Å². The monoisotopic (exact) mass is 531 g/mol. The Hall–Kier alpha value is -0.404. The predicted molar refractivity (Wildman–Crippen MR) is 129 cm³/mol. The first-order valence-corrected chi connectivity index (χ1v) is 24.4. The van der Waals surface area contributed by atoms with Gasteiger partial charge in [-0.3, -0.25) is 0 Å². The second kappa shape index (κ2) is 5.19. The summed E-state index contributed by atoms with van der Waals surface area (Å²) >= 11 is 1.46. The Bertz CT molecular complexity index is 1300. The summed E-state index contributed by atoms with van der Waals surface area (Å²) in [5, 5.41) is 1.24. The molecule has 2 aliphatic rings. The van der Waals surface area contributed by atoms with E-state index in [4.69, 9.17) is 4.98 Å². The summed E-state index contributed by atoms with van der Waals surface area (Å²) in [5.41, 5.74) is 3.14. The number of thiazole rings is 1. The van der Waals surface area contributed by atoms with Crippen LogP contribution in [-0.4, -0.2) is 31.5 Å². The van der Waals surface area contributed by atoms with Crippen LogP contribution in [0.25, 0.3) is 30.3 Å². The van der Waals surface area contributed by atoms with Crippen molar-refractivity contribution in [3.8, 4) is 20.9 Å². The Morgan fingerprint density at radius 2 is 1.44 bits per heavy atom. The third-order valence-corrected chi connectivity index (χ3v) is 25.2. The van der Waals surface area contributed by atoms with Gasteiger partial charge < -0.3 is 0 Å². The first kappa shape index (κ1) is 17.5. The molecule has 0 atom stereocenters. The van der Waals surface area contributed by atoms with Crippen LogP contribution >= 0.6 is 34.0 Å². The fourth-order valence-electron chi connectivity index (χ4n) is 5.07. The van der Waals surface area contributed by atoms with E-state index in [1.807, 2.05) is 22.7 Å². The molecule has 0 radical (unpaired) electrons. The zero-order valence-electron chi connectivity index (χ0n) is 16.4. The van der Waals surface area contributed by atoms with E-state index in [0.29, 0.717) is 0 Å². The number of benzene rings is 1. The van der Waals surface area contributed by atoms with Crippen molar-refractivity contribution in [3.05, 3.63) is 28.1 Å². The van der Waals surface area contributed by atoms with E-state index in [-0.39, 0.29) is 0 Å². The maximum atomic E-state index is 5.00. The zero-order chi connectivity index (χ0) is 18.9. The SMILES string of the molecule is Cc1cc2sc3[c](c2s1)[Ge]([CH3])([CH3])[c]1cc2[c](cc1-3)[Ge]([CH3])([CH3])[c]1nc(C)sc1-2. The van der Waals surface area contributed by atoms with E-state index in [9.17, 15) is 0 Å². The minimum absolute atomic E-state index is 1.24. The second-order valence-electron chi connectivity index (χ2n) is 8.96. The van der Waals surface area contributed by atoms with Gasteiger partial charge in [0.1, 0.15) is 0 Å². The molecule has 4 aromatic rings. The van der Waals surface area contributed by atoms with Crippen LogP contribution in [0.1, 0.15) is 9.88 Å². The van der Waals surface area contributed by atoms with Gasteiger partial charge in [0.15, 0.2) is 0 Å². The van der Waals surface area contributed by atoms with Gasteiger partial charge in [0.05, 0.1) is 0 Å². The van der Waals surface area contributed by atoms with Gasteiger partial charge in [0.2, 0.25) is 0 Å². The molecular formula is C21H21Ge2NS3. The molecule has 2 aliphatic heterocycles. The topological polar surface area (TPSA) is 12.9 Å². The van der Waals surface area contributed by atoms with Crippen molar-refractivity contribution in [1.29, 1.82) is 0 Å². The Kier molecular flexibility index (Phi) is 3.36. The second-order valence-corrected chi connectivity index (χ2v) is 30.4. The van der Waals surface area contributed by atoms with Crippen molar-refractivity contribution >= 4 is 87.7 Å². The Balaban J connectivity index is 1.69. The van der Waals surface area contributed by atoms with Gasteiger partial charge in [0, 0.05) is 0 Å². The fraction of sp³-hybridized carbons (Fsp3) is 0.286. The van der Waals surface area contributed by atoms with Gasteiger partial charge in [-0.2, -0.15) is 0 Å². The third kappa shape index (κ3) is 2.04. The molecule has 0 bridgehead atoms. The summed E-state index contributed by atoms with van der Waals surface area (Å²) in [6.07, 6.45) is 0. The Labute approximate surface area is 177 Å². The number of aryl methyl sites for hydroxylation is 2. The summed E-state index contributed by atoms with van der Waals surface area (Å²) in [6, 6.07) is 7.65. The van der Waals surface area contributed by atoms with Gasteiger partial charge in [0.25, 0.3) is 0 Å². The number of thiophene rings is 2. The molecular weight excluding hydrogens is 508 g/mol. The average Bonchev–Trinajstić information content (AvgIpc) is 3.30. The first-order chi connectivity index (χ1) is 12.7. The maximum absolute atomic E-state index is 5.00. The number of nitrogens with zero attached hydrogens (tertiary/aromatic N) is 1. The van der Waals surface area contributed by atoms with Crippen LogP contribution < -0.4 is 17.7 Å². The van der Waals surface area contributed by atoms with E-state index < -0.39 is 26.5 Å². The molecule has 27 heavy (non-hydrogen) atoms. The number of hydrogen-bond acceptors (Lipinski definition) is 4. The Morgan fingerprint density at radius 1 is 0.778 bits per heavy atom. The van der Waals surface area contributed by atoms with E-state index in [1.54, 1.807) is 33.9 Å². The van der Waals surface area contributed by atoms with Gasteiger partial charge in [-0.25, -0.2) is 0 Å². The van der Waals surface area contributed by atoms with Crippen LogP contribution in [0.2, 0.25) is 23.0 Å². The van der Waals surface area contributed by atoms with Crippen LogP contribution in [-0.2, 0) is 0 Å². The molecule has 6 heteroatoms. The van der Waals surface area contributed by atoms with Gasteiger partial charge in [-0.05, 0) is 0 Å². The fourth-order valence-corrected chi connectivity index (χ4v) is 26.2. The quantitative estimate of drug-likeness (QED) is 0.303. The molecule has 1 aromatic carbocycles. The molecule has 5 heterocycles. The van der Waals surface area contributed by atoms with E-state index in [0.717, 1.165) is 0 Å². The molecule has 0 fully saturated rings. The van der Waals surface area contributed by atoms with Crippen LogP contribution in [0.4, 0.5) is 0 Å². The standard InChI is InChI=1S/C21H21Ge2NS3/c1-10-7-16-20(25-10)17-18(27-16)12-8-15-13(9-14(12)22(17,3)4)19-21(23(15,5)6)24-11(2)26-19/h7-9H,1-6H3. The van der Waals surface area contributed by atoms with Crippen LogP contribution in [0.5, 0.6) is 0 Å². The molecule has 0 N–H and O–H groups in total. The molecule has 1 nitrogen and oxygen atoms in total. The molecule has 0 aliphatic carbocycles. The normalized spacial score (nSPS) is 17.9. The predicted octanol–water partition coefficient (Wildman–Crippen LogP) is 4.64. The number of rotatable bonds is 0. The summed E-state index contributed by atoms with van der Waals surface area (Å²) in [7, 11) is 0. The first-order valence-electron chi connectivity index (χ1n) is 9.40. The summed E-state index contributed by atoms with van der Waals surface area (Å²) in [5.74, 6) is 10.3. The van der Waals surface area contributed by atoms with E-state index in [2.05, 4.69) is 66.4 Å². The summed E-state index contributed by atoms with van der Waals surface area (Å²) in [6.45, 7) is 4.42. The van der Waals surface area contributed by atoms with Crippen molar-refractivity contribution in [3.63, 3.8) is 0 Å². The van der Waals surface area contributed by atoms with Gasteiger partial charge in [-0.1, -0.05) is 0 Å². The zero-order valence-corrected chi connectivity index (χ0v) is 23.0. The summed E-state index contributed by atoms with van der Waals surface area (Å²) in [4.78, 5) is 9.56. The van der Waals surface area contributed by atoms with Gasteiger partial charge in [-0.15, -0.1) is 0 Å². The number of fused-ring (bicyclic) bond motifs is 8. The number of hydrogen-bond donors (Lipinski definition) is 0. The van der Waals surface area contributed by atoms with Crippen LogP contribution in [0.15, 0.2) is 18.2 Å². The molecule has 0 saturated carbocycles. The molecule has 6 rings (SSSR count). The molecule has 3 aromatic heterocycles. The summed E-state index contributed by atoms with van der Waals surface area (Å²) < 4.78 is 9.73. The van der Waals surface area contributed by atoms with E-state index in [1.165, 1.54) is 24.0 Å². The minimum atomic E-state index is -2.27. The molecule has 136 valence electrons. The molecule has 0 spiro atoms. The van der Waals surface area contributed by atoms with Crippen molar-refractivity contribution in [1.82, 2.24) is 4.98 Å².